The second kappa shape index (κ2) is 7.04. The zero-order valence-corrected chi connectivity index (χ0v) is 15.2. The fourth-order valence-corrected chi connectivity index (χ4v) is 4.42. The molecule has 0 bridgehead atoms. The van der Waals surface area contributed by atoms with Crippen molar-refractivity contribution in [1.29, 1.82) is 0 Å². The predicted octanol–water partition coefficient (Wildman–Crippen LogP) is 4.73. The van der Waals surface area contributed by atoms with Gasteiger partial charge in [0.1, 0.15) is 0 Å². The Morgan fingerprint density at radius 2 is 1.96 bits per heavy atom. The Balaban J connectivity index is 0.000000256. The summed E-state index contributed by atoms with van der Waals surface area (Å²) < 4.78 is 33.0. The first kappa shape index (κ1) is 19.2. The predicted molar refractivity (Wildman–Crippen MR) is 89.2 cm³/mol. The molecule has 2 aliphatic rings. The van der Waals surface area contributed by atoms with Gasteiger partial charge in [-0.25, -0.2) is 4.79 Å². The molecule has 1 aliphatic carbocycles. The highest BCUT2D eigenvalue weighted by atomic mass is 79.9. The van der Waals surface area contributed by atoms with Gasteiger partial charge in [-0.2, -0.15) is 13.2 Å². The van der Waals surface area contributed by atoms with E-state index in [1.54, 1.807) is 11.1 Å². The van der Waals surface area contributed by atoms with Crippen molar-refractivity contribution in [3.63, 3.8) is 0 Å². The molecule has 1 heterocycles. The van der Waals surface area contributed by atoms with E-state index >= 15 is 0 Å². The van der Waals surface area contributed by atoms with Gasteiger partial charge in [-0.15, -0.1) is 0 Å². The quantitative estimate of drug-likeness (QED) is 0.653. The minimum absolute atomic E-state index is 0.324. The van der Waals surface area contributed by atoms with Gasteiger partial charge >= 0.3 is 12.1 Å². The third kappa shape index (κ3) is 4.11. The number of carboxylic acids is 1. The van der Waals surface area contributed by atoms with E-state index < -0.39 is 12.1 Å². The number of carboxylic acid groups (broad SMARTS) is 1. The summed E-state index contributed by atoms with van der Waals surface area (Å²) in [6.45, 7) is 6.99. The number of alkyl halides is 3. The van der Waals surface area contributed by atoms with Gasteiger partial charge in [0.05, 0.1) is 0 Å². The van der Waals surface area contributed by atoms with Crippen LogP contribution < -0.4 is 5.32 Å². The average molecular weight is 408 g/mol. The lowest BCUT2D eigenvalue weighted by molar-refractivity contribution is -0.192. The van der Waals surface area contributed by atoms with Gasteiger partial charge in [0, 0.05) is 11.0 Å². The van der Waals surface area contributed by atoms with Crippen molar-refractivity contribution < 1.29 is 23.1 Å². The summed E-state index contributed by atoms with van der Waals surface area (Å²) in [5.41, 5.74) is 5.08. The Labute approximate surface area is 147 Å². The molecule has 3 rings (SSSR count). The fourth-order valence-electron chi connectivity index (χ4n) is 3.54. The van der Waals surface area contributed by atoms with Crippen LogP contribution in [-0.2, 0) is 16.8 Å². The van der Waals surface area contributed by atoms with Crippen molar-refractivity contribution >= 4 is 21.9 Å². The fraction of sp³-hybridized carbons (Fsp3) is 0.588. The van der Waals surface area contributed by atoms with Crippen molar-refractivity contribution in [3.8, 4) is 0 Å². The molecule has 1 atom stereocenters. The van der Waals surface area contributed by atoms with Gasteiger partial charge in [-0.05, 0) is 59.9 Å². The summed E-state index contributed by atoms with van der Waals surface area (Å²) in [6, 6.07) is 4.54. The molecule has 0 saturated heterocycles. The molecule has 1 aromatic rings. The Morgan fingerprint density at radius 3 is 2.54 bits per heavy atom. The lowest BCUT2D eigenvalue weighted by Crippen LogP contribution is -2.27. The summed E-state index contributed by atoms with van der Waals surface area (Å²) in [5, 5.41) is 10.7. The van der Waals surface area contributed by atoms with Crippen LogP contribution in [0.15, 0.2) is 16.6 Å². The standard InChI is InChI=1S/C15H20BrN.C2HF3O2/c1-15(2)7-5-10-6-8-17-9-11-3-4-12(16)14(15)13(10)11;3-2(4,5)1(6)7/h3-4,10,17H,5-9H2,1-2H3;(H,6,7). The number of halogens is 4. The van der Waals surface area contributed by atoms with Gasteiger partial charge < -0.3 is 10.4 Å². The smallest absolute Gasteiger partial charge is 0.475 e. The van der Waals surface area contributed by atoms with Crippen molar-refractivity contribution in [3.05, 3.63) is 33.3 Å². The van der Waals surface area contributed by atoms with Crippen LogP contribution >= 0.6 is 15.9 Å². The van der Waals surface area contributed by atoms with E-state index in [4.69, 9.17) is 9.90 Å². The lowest BCUT2D eigenvalue weighted by atomic mass is 9.67. The van der Waals surface area contributed by atoms with E-state index in [1.807, 2.05) is 0 Å². The van der Waals surface area contributed by atoms with E-state index in [9.17, 15) is 13.2 Å². The summed E-state index contributed by atoms with van der Waals surface area (Å²) in [7, 11) is 0. The van der Waals surface area contributed by atoms with Crippen LogP contribution in [0.2, 0.25) is 0 Å². The normalized spacial score (nSPS) is 21.8. The number of hydrogen-bond acceptors (Lipinski definition) is 2. The summed E-state index contributed by atoms with van der Waals surface area (Å²) >= 11 is 3.78. The van der Waals surface area contributed by atoms with Crippen LogP contribution in [0.1, 0.15) is 55.7 Å². The number of hydrogen-bond donors (Lipinski definition) is 2. The largest absolute Gasteiger partial charge is 0.490 e. The molecule has 2 N–H and O–H groups in total. The first-order chi connectivity index (χ1) is 11.0. The van der Waals surface area contributed by atoms with Crippen LogP contribution in [0.25, 0.3) is 0 Å². The maximum absolute atomic E-state index is 10.6. The zero-order chi connectivity index (χ0) is 18.1. The van der Waals surface area contributed by atoms with Crippen LogP contribution in [0.5, 0.6) is 0 Å². The maximum Gasteiger partial charge on any atom is 0.490 e. The summed E-state index contributed by atoms with van der Waals surface area (Å²) in [4.78, 5) is 8.90. The highest BCUT2D eigenvalue weighted by Gasteiger charge is 2.38. The average Bonchev–Trinajstić information content (AvgIpc) is 2.66. The van der Waals surface area contributed by atoms with Crippen molar-refractivity contribution in [2.75, 3.05) is 6.54 Å². The Hall–Kier alpha value is -1.08. The monoisotopic (exact) mass is 407 g/mol. The number of rotatable bonds is 0. The molecular formula is C17H21BrF3NO2. The molecule has 0 radical (unpaired) electrons. The third-order valence-corrected chi connectivity index (χ3v) is 5.38. The molecule has 3 nitrogen and oxygen atoms in total. The first-order valence-corrected chi connectivity index (χ1v) is 8.66. The molecule has 24 heavy (non-hydrogen) atoms. The van der Waals surface area contributed by atoms with E-state index in [2.05, 4.69) is 47.2 Å². The zero-order valence-electron chi connectivity index (χ0n) is 13.6. The molecule has 0 spiro atoms. The molecule has 0 aromatic heterocycles. The third-order valence-electron chi connectivity index (χ3n) is 4.72. The van der Waals surface area contributed by atoms with E-state index in [0.717, 1.165) is 19.0 Å². The van der Waals surface area contributed by atoms with Crippen LogP contribution in [0, 0.1) is 0 Å². The van der Waals surface area contributed by atoms with Crippen molar-refractivity contribution in [2.45, 2.75) is 57.2 Å². The molecule has 0 amide bonds. The van der Waals surface area contributed by atoms with E-state index in [-0.39, 0.29) is 0 Å². The summed E-state index contributed by atoms with van der Waals surface area (Å²) in [5.74, 6) is -1.98. The highest BCUT2D eigenvalue weighted by Crippen LogP contribution is 2.48. The van der Waals surface area contributed by atoms with Crippen LogP contribution in [0.4, 0.5) is 13.2 Å². The van der Waals surface area contributed by atoms with E-state index in [1.165, 1.54) is 29.3 Å². The topological polar surface area (TPSA) is 49.3 Å². The maximum atomic E-state index is 10.6. The lowest BCUT2D eigenvalue weighted by Gasteiger charge is -2.38. The molecule has 0 fully saturated rings. The summed E-state index contributed by atoms with van der Waals surface area (Å²) in [6.07, 6.45) is -1.12. The molecule has 1 aliphatic heterocycles. The molecule has 7 heteroatoms. The Kier molecular flexibility index (Phi) is 5.64. The molecule has 1 aromatic carbocycles. The van der Waals surface area contributed by atoms with Gasteiger partial charge in [0.25, 0.3) is 0 Å². The number of carbonyl (C=O) groups is 1. The van der Waals surface area contributed by atoms with E-state index in [0.29, 0.717) is 5.41 Å². The SMILES string of the molecule is CC1(C)CCC2CCNCc3ccc(Br)c1c32.O=C(O)C(F)(F)F. The van der Waals surface area contributed by atoms with Crippen molar-refractivity contribution in [2.24, 2.45) is 0 Å². The van der Waals surface area contributed by atoms with Crippen molar-refractivity contribution in [1.82, 2.24) is 5.32 Å². The molecule has 134 valence electrons. The Morgan fingerprint density at radius 1 is 1.33 bits per heavy atom. The minimum Gasteiger partial charge on any atom is -0.475 e. The molecule has 1 unspecified atom stereocenters. The number of aliphatic carboxylic acids is 1. The van der Waals surface area contributed by atoms with Gasteiger partial charge in [0.2, 0.25) is 0 Å². The number of benzene rings is 1. The molecular weight excluding hydrogens is 387 g/mol. The minimum atomic E-state index is -5.08. The highest BCUT2D eigenvalue weighted by molar-refractivity contribution is 9.10. The second-order valence-electron chi connectivity index (χ2n) is 6.88. The second-order valence-corrected chi connectivity index (χ2v) is 7.74. The van der Waals surface area contributed by atoms with Crippen LogP contribution in [0.3, 0.4) is 0 Å². The van der Waals surface area contributed by atoms with Crippen LogP contribution in [-0.4, -0.2) is 23.8 Å². The van der Waals surface area contributed by atoms with Gasteiger partial charge in [-0.3, -0.25) is 0 Å². The first-order valence-electron chi connectivity index (χ1n) is 7.86. The van der Waals surface area contributed by atoms with Gasteiger partial charge in [0.15, 0.2) is 0 Å². The molecule has 0 saturated carbocycles. The Bertz CT molecular complexity index is 629. The van der Waals surface area contributed by atoms with Gasteiger partial charge in [-0.1, -0.05) is 35.8 Å². The number of nitrogens with one attached hydrogen (secondary N) is 1.